The highest BCUT2D eigenvalue weighted by molar-refractivity contribution is 7.89. The predicted molar refractivity (Wildman–Crippen MR) is 107 cm³/mol. The molecule has 0 aliphatic heterocycles. The van der Waals surface area contributed by atoms with Crippen molar-refractivity contribution in [3.63, 3.8) is 0 Å². The van der Waals surface area contributed by atoms with Crippen LogP contribution < -0.4 is 4.72 Å². The summed E-state index contributed by atoms with van der Waals surface area (Å²) in [4.78, 5) is 5.67. The molecule has 0 saturated carbocycles. The third-order valence-electron chi connectivity index (χ3n) is 4.05. The van der Waals surface area contributed by atoms with E-state index in [1.54, 1.807) is 6.92 Å². The summed E-state index contributed by atoms with van der Waals surface area (Å²) >= 11 is 7.45. The van der Waals surface area contributed by atoms with Crippen molar-refractivity contribution in [2.75, 3.05) is 6.54 Å². The summed E-state index contributed by atoms with van der Waals surface area (Å²) in [6.45, 7) is 3.72. The molecule has 0 bridgehead atoms. The minimum Gasteiger partial charge on any atom is -0.241 e. The van der Waals surface area contributed by atoms with Gasteiger partial charge in [-0.15, -0.1) is 11.3 Å². The summed E-state index contributed by atoms with van der Waals surface area (Å²) in [5.41, 5.74) is 2.23. The molecular weight excluding hydrogens is 407 g/mol. The van der Waals surface area contributed by atoms with E-state index in [1.165, 1.54) is 23.5 Å². The Kier molecular flexibility index (Phi) is 5.95. The van der Waals surface area contributed by atoms with Crippen LogP contribution in [0.2, 0.25) is 5.02 Å². The highest BCUT2D eigenvalue weighted by Crippen LogP contribution is 2.29. The van der Waals surface area contributed by atoms with Gasteiger partial charge in [-0.3, -0.25) is 0 Å². The van der Waals surface area contributed by atoms with Crippen molar-refractivity contribution in [3.05, 3.63) is 69.4 Å². The van der Waals surface area contributed by atoms with Gasteiger partial charge in [-0.25, -0.2) is 22.5 Å². The molecule has 4 nitrogen and oxygen atoms in total. The Morgan fingerprint density at radius 1 is 1.15 bits per heavy atom. The third-order valence-corrected chi connectivity index (χ3v) is 7.19. The Morgan fingerprint density at radius 2 is 1.85 bits per heavy atom. The molecule has 142 valence electrons. The number of hydrogen-bond acceptors (Lipinski definition) is 4. The molecule has 1 heterocycles. The lowest BCUT2D eigenvalue weighted by molar-refractivity contribution is 0.580. The van der Waals surface area contributed by atoms with Crippen LogP contribution >= 0.6 is 22.9 Å². The number of benzene rings is 2. The highest BCUT2D eigenvalue weighted by atomic mass is 35.5. The second-order valence-corrected chi connectivity index (χ2v) is 9.35. The molecule has 0 spiro atoms. The molecule has 0 amide bonds. The molecule has 0 aliphatic rings. The Labute approximate surface area is 167 Å². The van der Waals surface area contributed by atoms with Gasteiger partial charge >= 0.3 is 0 Å². The van der Waals surface area contributed by atoms with Crippen molar-refractivity contribution in [1.29, 1.82) is 0 Å². The first-order valence-electron chi connectivity index (χ1n) is 8.24. The lowest BCUT2D eigenvalue weighted by Gasteiger charge is -2.09. The van der Waals surface area contributed by atoms with Gasteiger partial charge in [-0.2, -0.15) is 0 Å². The van der Waals surface area contributed by atoms with E-state index in [2.05, 4.69) is 9.71 Å². The second-order valence-electron chi connectivity index (χ2n) is 6.09. The van der Waals surface area contributed by atoms with Crippen LogP contribution in [0.15, 0.2) is 47.4 Å². The summed E-state index contributed by atoms with van der Waals surface area (Å²) < 4.78 is 40.6. The fourth-order valence-electron chi connectivity index (χ4n) is 2.67. The highest BCUT2D eigenvalue weighted by Gasteiger charge is 2.17. The fraction of sp³-hybridized carbons (Fsp3) is 0.211. The lowest BCUT2D eigenvalue weighted by atomic mass is 10.2. The first kappa shape index (κ1) is 19.9. The van der Waals surface area contributed by atoms with Crippen LogP contribution in [0, 0.1) is 19.7 Å². The zero-order chi connectivity index (χ0) is 19.6. The number of aryl methyl sites for hydroxylation is 2. The summed E-state index contributed by atoms with van der Waals surface area (Å²) in [5, 5.41) is 1.54. The summed E-state index contributed by atoms with van der Waals surface area (Å²) in [6, 6.07) is 11.1. The number of sulfonamides is 1. The number of hydrogen-bond donors (Lipinski definition) is 1. The van der Waals surface area contributed by atoms with Crippen LogP contribution in [-0.2, 0) is 16.4 Å². The molecule has 0 atom stereocenters. The molecule has 0 fully saturated rings. The van der Waals surface area contributed by atoms with Crippen molar-refractivity contribution in [3.8, 4) is 10.6 Å². The van der Waals surface area contributed by atoms with E-state index in [1.807, 2.05) is 31.2 Å². The molecule has 2 aromatic carbocycles. The van der Waals surface area contributed by atoms with E-state index in [9.17, 15) is 12.8 Å². The second kappa shape index (κ2) is 8.06. The SMILES string of the molecule is Cc1cc(F)ccc1S(=O)(=O)NCCc1sc(-c2ccc(Cl)cc2)nc1C. The Bertz CT molecular complexity index is 1060. The van der Waals surface area contributed by atoms with Crippen LogP contribution in [0.5, 0.6) is 0 Å². The van der Waals surface area contributed by atoms with Gasteiger partial charge in [0.1, 0.15) is 10.8 Å². The number of thiazole rings is 1. The van der Waals surface area contributed by atoms with Gasteiger partial charge in [0.2, 0.25) is 10.0 Å². The molecule has 0 saturated heterocycles. The molecular formula is C19H18ClFN2O2S2. The fourth-order valence-corrected chi connectivity index (χ4v) is 5.12. The van der Waals surface area contributed by atoms with Crippen LogP contribution in [0.3, 0.4) is 0 Å². The maximum absolute atomic E-state index is 13.2. The average molecular weight is 425 g/mol. The van der Waals surface area contributed by atoms with Gasteiger partial charge in [0.05, 0.1) is 10.6 Å². The molecule has 0 unspecified atom stereocenters. The van der Waals surface area contributed by atoms with Crippen LogP contribution in [0.1, 0.15) is 16.1 Å². The predicted octanol–water partition coefficient (Wildman–Crippen LogP) is 4.74. The number of rotatable bonds is 6. The standard InChI is InChI=1S/C19H18ClFN2O2S2/c1-12-11-16(21)7-8-18(12)27(24,25)22-10-9-17-13(2)23-19(26-17)14-3-5-15(20)6-4-14/h3-8,11,22H,9-10H2,1-2H3. The molecule has 27 heavy (non-hydrogen) atoms. The minimum atomic E-state index is -3.69. The number of aromatic nitrogens is 1. The van der Waals surface area contributed by atoms with Crippen molar-refractivity contribution in [1.82, 2.24) is 9.71 Å². The van der Waals surface area contributed by atoms with Crippen molar-refractivity contribution < 1.29 is 12.8 Å². The van der Waals surface area contributed by atoms with Crippen molar-refractivity contribution in [2.45, 2.75) is 25.2 Å². The molecule has 3 rings (SSSR count). The van der Waals surface area contributed by atoms with E-state index in [0.717, 1.165) is 27.2 Å². The van der Waals surface area contributed by atoms with Gasteiger partial charge in [-0.05, 0) is 56.2 Å². The largest absolute Gasteiger partial charge is 0.241 e. The lowest BCUT2D eigenvalue weighted by Crippen LogP contribution is -2.26. The Morgan fingerprint density at radius 3 is 2.52 bits per heavy atom. The topological polar surface area (TPSA) is 59.1 Å². The maximum Gasteiger partial charge on any atom is 0.240 e. The third kappa shape index (κ3) is 4.73. The molecule has 1 aromatic heterocycles. The first-order chi connectivity index (χ1) is 12.8. The Hall–Kier alpha value is -1.80. The quantitative estimate of drug-likeness (QED) is 0.621. The summed E-state index contributed by atoms with van der Waals surface area (Å²) in [6.07, 6.45) is 0.524. The normalized spacial score (nSPS) is 11.7. The van der Waals surface area contributed by atoms with Crippen molar-refractivity contribution in [2.24, 2.45) is 0 Å². The number of halogens is 2. The average Bonchev–Trinajstić information content (AvgIpc) is 2.96. The van der Waals surface area contributed by atoms with Crippen LogP contribution in [0.25, 0.3) is 10.6 Å². The maximum atomic E-state index is 13.2. The van der Waals surface area contributed by atoms with Gasteiger partial charge in [0.25, 0.3) is 0 Å². The number of nitrogens with zero attached hydrogens (tertiary/aromatic N) is 1. The van der Waals surface area contributed by atoms with Gasteiger partial charge in [0.15, 0.2) is 0 Å². The molecule has 0 aliphatic carbocycles. The first-order valence-corrected chi connectivity index (χ1v) is 10.9. The zero-order valence-electron chi connectivity index (χ0n) is 14.8. The van der Waals surface area contributed by atoms with E-state index in [0.29, 0.717) is 17.0 Å². The minimum absolute atomic E-state index is 0.0896. The van der Waals surface area contributed by atoms with E-state index in [-0.39, 0.29) is 11.4 Å². The molecule has 1 N–H and O–H groups in total. The van der Waals surface area contributed by atoms with Gasteiger partial charge in [-0.1, -0.05) is 23.7 Å². The smallest absolute Gasteiger partial charge is 0.240 e. The van der Waals surface area contributed by atoms with Crippen LogP contribution in [-0.4, -0.2) is 19.9 Å². The molecule has 3 aromatic rings. The summed E-state index contributed by atoms with van der Waals surface area (Å²) in [5.74, 6) is -0.457. The monoisotopic (exact) mass is 424 g/mol. The van der Waals surface area contributed by atoms with Crippen molar-refractivity contribution >= 4 is 33.0 Å². The van der Waals surface area contributed by atoms with E-state index in [4.69, 9.17) is 11.6 Å². The van der Waals surface area contributed by atoms with E-state index >= 15 is 0 Å². The van der Waals surface area contributed by atoms with Crippen LogP contribution in [0.4, 0.5) is 4.39 Å². The molecule has 0 radical (unpaired) electrons. The zero-order valence-corrected chi connectivity index (χ0v) is 17.2. The number of nitrogens with one attached hydrogen (secondary N) is 1. The Balaban J connectivity index is 1.69. The van der Waals surface area contributed by atoms with E-state index < -0.39 is 15.8 Å². The van der Waals surface area contributed by atoms with Gasteiger partial charge < -0.3 is 0 Å². The molecule has 8 heteroatoms. The summed E-state index contributed by atoms with van der Waals surface area (Å²) in [7, 11) is -3.69. The van der Waals surface area contributed by atoms with Gasteiger partial charge in [0, 0.05) is 22.0 Å².